The molecule has 0 saturated carbocycles. The summed E-state index contributed by atoms with van der Waals surface area (Å²) < 4.78 is 0. The van der Waals surface area contributed by atoms with Crippen molar-refractivity contribution in [1.82, 2.24) is 14.9 Å². The maximum absolute atomic E-state index is 12.5. The van der Waals surface area contributed by atoms with E-state index in [9.17, 15) is 4.79 Å². The van der Waals surface area contributed by atoms with Crippen molar-refractivity contribution in [2.45, 2.75) is 0 Å². The first-order valence-corrected chi connectivity index (χ1v) is 10.7. The number of aromatic nitrogens is 2. The monoisotopic (exact) mass is 431 g/mol. The number of para-hydroxylation sites is 3. The molecule has 1 aromatic heterocycles. The zero-order valence-corrected chi connectivity index (χ0v) is 17.6. The Morgan fingerprint density at radius 3 is 2.45 bits per heavy atom. The molecule has 0 unspecified atom stereocenters. The number of H-pyrrole nitrogens is 1. The van der Waals surface area contributed by atoms with E-state index in [1.807, 2.05) is 71.6 Å². The van der Waals surface area contributed by atoms with Gasteiger partial charge in [-0.15, -0.1) is 0 Å². The lowest BCUT2D eigenvalue weighted by molar-refractivity contribution is 0.208. The first-order valence-electron chi connectivity index (χ1n) is 10.3. The second-order valence-corrected chi connectivity index (χ2v) is 7.94. The van der Waals surface area contributed by atoms with Crippen molar-refractivity contribution >= 4 is 40.0 Å². The molecule has 0 radical (unpaired) electrons. The largest absolute Gasteiger partial charge is 0.368 e. The molecular formula is C24H22ClN5O. The molecule has 1 aliphatic heterocycles. The topological polar surface area (TPSA) is 64.3 Å². The van der Waals surface area contributed by atoms with Gasteiger partial charge in [-0.25, -0.2) is 9.78 Å². The number of carbonyl (C=O) groups excluding carboxylic acids is 1. The summed E-state index contributed by atoms with van der Waals surface area (Å²) in [5.41, 5.74) is 4.65. The highest BCUT2D eigenvalue weighted by Crippen LogP contribution is 2.32. The predicted molar refractivity (Wildman–Crippen MR) is 126 cm³/mol. The van der Waals surface area contributed by atoms with Crippen LogP contribution in [0.1, 0.15) is 0 Å². The minimum absolute atomic E-state index is 0.0649. The Kier molecular flexibility index (Phi) is 5.22. The Morgan fingerprint density at radius 1 is 0.935 bits per heavy atom. The van der Waals surface area contributed by atoms with Crippen LogP contribution in [0.25, 0.3) is 22.4 Å². The Hall–Kier alpha value is -3.51. The standard InChI is InChI=1S/C24H22ClN5O/c25-20-11-10-18(16-19(20)23-27-21-8-4-5-9-22(21)28-23)29-12-14-30(15-13-29)24(31)26-17-6-2-1-3-7-17/h1-11,16H,12-15H2,(H,26,31)(H,27,28). The Labute approximate surface area is 185 Å². The van der Waals surface area contributed by atoms with Crippen LogP contribution < -0.4 is 10.2 Å². The first kappa shape index (κ1) is 19.5. The molecule has 2 N–H and O–H groups in total. The summed E-state index contributed by atoms with van der Waals surface area (Å²) in [6, 6.07) is 23.4. The van der Waals surface area contributed by atoms with Crippen LogP contribution in [0.5, 0.6) is 0 Å². The van der Waals surface area contributed by atoms with E-state index >= 15 is 0 Å². The lowest BCUT2D eigenvalue weighted by Gasteiger charge is -2.36. The number of benzene rings is 3. The van der Waals surface area contributed by atoms with Gasteiger partial charge >= 0.3 is 6.03 Å². The smallest absolute Gasteiger partial charge is 0.321 e. The molecule has 1 aliphatic rings. The summed E-state index contributed by atoms with van der Waals surface area (Å²) >= 11 is 6.50. The van der Waals surface area contributed by atoms with Crippen LogP contribution >= 0.6 is 11.6 Å². The van der Waals surface area contributed by atoms with Crippen LogP contribution in [0, 0.1) is 0 Å². The fraction of sp³-hybridized carbons (Fsp3) is 0.167. The van der Waals surface area contributed by atoms with Gasteiger partial charge < -0.3 is 20.1 Å². The van der Waals surface area contributed by atoms with Crippen LogP contribution in [-0.2, 0) is 0 Å². The molecule has 2 amide bonds. The molecule has 1 saturated heterocycles. The van der Waals surface area contributed by atoms with Gasteiger partial charge in [0.15, 0.2) is 0 Å². The van der Waals surface area contributed by atoms with Crippen LogP contribution in [0.15, 0.2) is 72.8 Å². The van der Waals surface area contributed by atoms with E-state index < -0.39 is 0 Å². The highest BCUT2D eigenvalue weighted by atomic mass is 35.5. The van der Waals surface area contributed by atoms with Crippen molar-refractivity contribution in [2.75, 3.05) is 36.4 Å². The van der Waals surface area contributed by atoms with E-state index in [0.29, 0.717) is 18.1 Å². The molecule has 3 aromatic carbocycles. The third kappa shape index (κ3) is 4.07. The van der Waals surface area contributed by atoms with E-state index in [-0.39, 0.29) is 6.03 Å². The van der Waals surface area contributed by atoms with Crippen LogP contribution in [0.3, 0.4) is 0 Å². The van der Waals surface area contributed by atoms with Crippen LogP contribution in [0.2, 0.25) is 5.02 Å². The molecule has 156 valence electrons. The van der Waals surface area contributed by atoms with E-state index in [1.165, 1.54) is 0 Å². The fourth-order valence-electron chi connectivity index (χ4n) is 3.86. The van der Waals surface area contributed by atoms with Crippen LogP contribution in [0.4, 0.5) is 16.2 Å². The average Bonchev–Trinajstić information content (AvgIpc) is 3.24. The Bertz CT molecular complexity index is 1180. The Morgan fingerprint density at radius 2 is 1.68 bits per heavy atom. The minimum atomic E-state index is -0.0649. The molecule has 31 heavy (non-hydrogen) atoms. The number of nitrogens with zero attached hydrogens (tertiary/aromatic N) is 3. The molecule has 5 rings (SSSR count). The van der Waals surface area contributed by atoms with E-state index in [1.54, 1.807) is 0 Å². The molecule has 7 heteroatoms. The maximum Gasteiger partial charge on any atom is 0.321 e. The first-order chi connectivity index (χ1) is 15.2. The van der Waals surface area contributed by atoms with Crippen molar-refractivity contribution in [3.8, 4) is 11.4 Å². The number of carbonyl (C=O) groups is 1. The number of hydrogen-bond acceptors (Lipinski definition) is 3. The van der Waals surface area contributed by atoms with Gasteiger partial charge in [0, 0.05) is 43.1 Å². The van der Waals surface area contributed by atoms with Gasteiger partial charge in [-0.05, 0) is 42.5 Å². The molecule has 1 fully saturated rings. The third-order valence-electron chi connectivity index (χ3n) is 5.55. The second-order valence-electron chi connectivity index (χ2n) is 7.54. The molecule has 2 heterocycles. The van der Waals surface area contributed by atoms with Crippen molar-refractivity contribution in [2.24, 2.45) is 0 Å². The number of rotatable bonds is 3. The van der Waals surface area contributed by atoms with Gasteiger partial charge in [0.25, 0.3) is 0 Å². The zero-order valence-electron chi connectivity index (χ0n) is 16.9. The molecule has 0 bridgehead atoms. The number of imidazole rings is 1. The molecule has 0 aliphatic carbocycles. The molecule has 0 atom stereocenters. The Balaban J connectivity index is 1.29. The number of anilines is 2. The summed E-state index contributed by atoms with van der Waals surface area (Å²) in [6.45, 7) is 2.81. The number of fused-ring (bicyclic) bond motifs is 1. The number of aromatic amines is 1. The van der Waals surface area contributed by atoms with Crippen LogP contribution in [-0.4, -0.2) is 47.1 Å². The van der Waals surface area contributed by atoms with Gasteiger partial charge in [0.2, 0.25) is 0 Å². The highest BCUT2D eigenvalue weighted by molar-refractivity contribution is 6.33. The number of urea groups is 1. The van der Waals surface area contributed by atoms with Gasteiger partial charge in [-0.3, -0.25) is 0 Å². The zero-order chi connectivity index (χ0) is 21.2. The number of halogens is 1. The third-order valence-corrected chi connectivity index (χ3v) is 5.88. The van der Waals surface area contributed by atoms with Gasteiger partial charge in [-0.1, -0.05) is 41.9 Å². The van der Waals surface area contributed by atoms with E-state index in [2.05, 4.69) is 26.3 Å². The summed E-state index contributed by atoms with van der Waals surface area (Å²) in [4.78, 5) is 24.7. The number of hydrogen-bond donors (Lipinski definition) is 2. The van der Waals surface area contributed by atoms with E-state index in [0.717, 1.165) is 46.9 Å². The second kappa shape index (κ2) is 8.32. The normalized spacial score (nSPS) is 14.1. The van der Waals surface area contributed by atoms with Crippen molar-refractivity contribution in [3.05, 3.63) is 77.8 Å². The summed E-state index contributed by atoms with van der Waals surface area (Å²) in [6.07, 6.45) is 0. The lowest BCUT2D eigenvalue weighted by atomic mass is 10.1. The lowest BCUT2D eigenvalue weighted by Crippen LogP contribution is -2.50. The number of nitrogens with one attached hydrogen (secondary N) is 2. The minimum Gasteiger partial charge on any atom is -0.368 e. The van der Waals surface area contributed by atoms with Gasteiger partial charge in [-0.2, -0.15) is 0 Å². The summed E-state index contributed by atoms with van der Waals surface area (Å²) in [7, 11) is 0. The van der Waals surface area contributed by atoms with Crippen molar-refractivity contribution < 1.29 is 4.79 Å². The number of amides is 2. The van der Waals surface area contributed by atoms with Crippen molar-refractivity contribution in [1.29, 1.82) is 0 Å². The average molecular weight is 432 g/mol. The molecule has 0 spiro atoms. The fourth-order valence-corrected chi connectivity index (χ4v) is 4.07. The highest BCUT2D eigenvalue weighted by Gasteiger charge is 2.22. The maximum atomic E-state index is 12.5. The van der Waals surface area contributed by atoms with Gasteiger partial charge in [0.1, 0.15) is 5.82 Å². The molecule has 4 aromatic rings. The predicted octanol–water partition coefficient (Wildman–Crippen LogP) is 5.24. The molecule has 6 nitrogen and oxygen atoms in total. The number of piperazine rings is 1. The van der Waals surface area contributed by atoms with Gasteiger partial charge in [0.05, 0.1) is 16.1 Å². The quantitative estimate of drug-likeness (QED) is 0.466. The van der Waals surface area contributed by atoms with Crippen molar-refractivity contribution in [3.63, 3.8) is 0 Å². The van der Waals surface area contributed by atoms with E-state index in [4.69, 9.17) is 11.6 Å². The summed E-state index contributed by atoms with van der Waals surface area (Å²) in [5.74, 6) is 0.758. The summed E-state index contributed by atoms with van der Waals surface area (Å²) in [5, 5.41) is 3.61. The SMILES string of the molecule is O=C(Nc1ccccc1)N1CCN(c2ccc(Cl)c(-c3nc4ccccc4[nH]3)c2)CC1. The molecular weight excluding hydrogens is 410 g/mol.